The van der Waals surface area contributed by atoms with E-state index in [0.717, 1.165) is 5.56 Å². The molecule has 0 spiro atoms. The monoisotopic (exact) mass is 409 g/mol. The summed E-state index contributed by atoms with van der Waals surface area (Å²) >= 11 is 1.32. The predicted octanol–water partition coefficient (Wildman–Crippen LogP) is 4.01. The fourth-order valence-corrected chi connectivity index (χ4v) is 3.85. The van der Waals surface area contributed by atoms with E-state index in [0.29, 0.717) is 35.1 Å². The number of nitrogens with one attached hydrogen (secondary N) is 1. The van der Waals surface area contributed by atoms with Gasteiger partial charge in [0.2, 0.25) is 5.91 Å². The molecule has 5 nitrogen and oxygen atoms in total. The number of carbonyl (C=O) groups is 1. The highest BCUT2D eigenvalue weighted by Gasteiger charge is 2.19. The number of thioether (sulfide) groups is 1. The summed E-state index contributed by atoms with van der Waals surface area (Å²) in [4.78, 5) is 30.4. The van der Waals surface area contributed by atoms with Gasteiger partial charge >= 0.3 is 0 Å². The first-order valence-corrected chi connectivity index (χ1v) is 10.7. The predicted molar refractivity (Wildman–Crippen MR) is 119 cm³/mol. The van der Waals surface area contributed by atoms with Gasteiger partial charge in [-0.15, -0.1) is 0 Å². The molecule has 29 heavy (non-hydrogen) atoms. The highest BCUT2D eigenvalue weighted by Crippen LogP contribution is 2.23. The number of fused-ring (bicyclic) bond motifs is 1. The smallest absolute Gasteiger partial charge is 0.262 e. The van der Waals surface area contributed by atoms with Crippen molar-refractivity contribution < 1.29 is 4.79 Å². The largest absolute Gasteiger partial charge is 0.355 e. The van der Waals surface area contributed by atoms with Gasteiger partial charge in [-0.1, -0.05) is 67.6 Å². The third-order valence-corrected chi connectivity index (χ3v) is 5.71. The average molecular weight is 410 g/mol. The lowest BCUT2D eigenvalue weighted by Gasteiger charge is -2.17. The van der Waals surface area contributed by atoms with Crippen LogP contribution >= 0.6 is 11.8 Å². The van der Waals surface area contributed by atoms with Crippen LogP contribution in [0.25, 0.3) is 10.9 Å². The summed E-state index contributed by atoms with van der Waals surface area (Å²) in [6, 6.07) is 15.4. The number of rotatable bonds is 7. The molecule has 0 saturated heterocycles. The second-order valence-corrected chi connectivity index (χ2v) is 9.00. The van der Waals surface area contributed by atoms with Gasteiger partial charge in [-0.3, -0.25) is 14.2 Å². The molecule has 3 aromatic rings. The summed E-state index contributed by atoms with van der Waals surface area (Å²) in [5.74, 6) is 0.336. The van der Waals surface area contributed by atoms with Crippen LogP contribution in [0, 0.1) is 12.8 Å². The zero-order valence-corrected chi connectivity index (χ0v) is 18.1. The van der Waals surface area contributed by atoms with E-state index in [2.05, 4.69) is 19.2 Å². The molecule has 0 unspecified atom stereocenters. The molecule has 1 N–H and O–H groups in total. The Labute approximate surface area is 175 Å². The Balaban J connectivity index is 1.96. The summed E-state index contributed by atoms with van der Waals surface area (Å²) in [7, 11) is 0. The average Bonchev–Trinajstić information content (AvgIpc) is 2.70. The van der Waals surface area contributed by atoms with Gasteiger partial charge in [0.1, 0.15) is 0 Å². The Morgan fingerprint density at radius 2 is 1.79 bits per heavy atom. The lowest BCUT2D eigenvalue weighted by atomic mass is 10.1. The van der Waals surface area contributed by atoms with Crippen LogP contribution in [0.15, 0.2) is 58.5 Å². The molecule has 1 heterocycles. The van der Waals surface area contributed by atoms with Crippen molar-refractivity contribution in [2.24, 2.45) is 5.92 Å². The second-order valence-electron chi connectivity index (χ2n) is 7.69. The summed E-state index contributed by atoms with van der Waals surface area (Å²) in [6.45, 7) is 9.04. The maximum absolute atomic E-state index is 13.2. The zero-order chi connectivity index (χ0) is 21.0. The third kappa shape index (κ3) is 5.26. The number of carbonyl (C=O) groups excluding carboxylic acids is 1. The summed E-state index contributed by atoms with van der Waals surface area (Å²) in [6.07, 6.45) is 0. The van der Waals surface area contributed by atoms with E-state index < -0.39 is 0 Å². The number of amides is 1. The molecule has 0 radical (unpaired) electrons. The number of nitrogens with zero attached hydrogens (tertiary/aromatic N) is 2. The van der Waals surface area contributed by atoms with E-state index in [1.54, 1.807) is 10.6 Å². The number of hydrogen-bond donors (Lipinski definition) is 1. The lowest BCUT2D eigenvalue weighted by Crippen LogP contribution is -2.34. The van der Waals surface area contributed by atoms with Crippen LogP contribution in [0.1, 0.15) is 31.9 Å². The van der Waals surface area contributed by atoms with Gasteiger partial charge in [-0.05, 0) is 37.5 Å². The molecular weight excluding hydrogens is 382 g/mol. The van der Waals surface area contributed by atoms with Crippen LogP contribution in [0.2, 0.25) is 0 Å². The Kier molecular flexibility index (Phi) is 6.75. The molecular formula is C23H27N3O2S. The van der Waals surface area contributed by atoms with Crippen LogP contribution in [-0.2, 0) is 11.3 Å². The summed E-state index contributed by atoms with van der Waals surface area (Å²) in [5, 5.41) is 3.74. The van der Waals surface area contributed by atoms with E-state index >= 15 is 0 Å². The first-order chi connectivity index (χ1) is 13.8. The second kappa shape index (κ2) is 9.27. The lowest BCUT2D eigenvalue weighted by molar-refractivity contribution is -0.120. The highest BCUT2D eigenvalue weighted by atomic mass is 32.2. The fraction of sp³-hybridized carbons (Fsp3) is 0.348. The minimum Gasteiger partial charge on any atom is -0.355 e. The van der Waals surface area contributed by atoms with E-state index in [4.69, 9.17) is 4.98 Å². The van der Waals surface area contributed by atoms with Crippen LogP contribution in [0.4, 0.5) is 0 Å². The topological polar surface area (TPSA) is 64.0 Å². The molecule has 0 aliphatic heterocycles. The van der Waals surface area contributed by atoms with E-state index in [-0.39, 0.29) is 16.7 Å². The zero-order valence-electron chi connectivity index (χ0n) is 17.3. The molecule has 0 aliphatic rings. The summed E-state index contributed by atoms with van der Waals surface area (Å²) < 4.78 is 1.67. The molecule has 1 atom stereocenters. The molecule has 0 bridgehead atoms. The number of aryl methyl sites for hydroxylation is 1. The number of hydrogen-bond acceptors (Lipinski definition) is 4. The van der Waals surface area contributed by atoms with Crippen molar-refractivity contribution in [2.75, 3.05) is 6.54 Å². The van der Waals surface area contributed by atoms with Crippen LogP contribution in [0.5, 0.6) is 0 Å². The van der Waals surface area contributed by atoms with Gasteiger partial charge in [0, 0.05) is 6.54 Å². The van der Waals surface area contributed by atoms with E-state index in [1.165, 1.54) is 17.3 Å². The van der Waals surface area contributed by atoms with Crippen LogP contribution in [0.3, 0.4) is 0 Å². The fourth-order valence-electron chi connectivity index (χ4n) is 2.91. The Bertz CT molecular complexity index is 1060. The molecule has 1 aromatic heterocycles. The van der Waals surface area contributed by atoms with Crippen LogP contribution < -0.4 is 10.9 Å². The van der Waals surface area contributed by atoms with Crippen LogP contribution in [-0.4, -0.2) is 27.3 Å². The molecule has 2 aromatic carbocycles. The highest BCUT2D eigenvalue weighted by molar-refractivity contribution is 8.00. The van der Waals surface area contributed by atoms with Crippen molar-refractivity contribution in [3.8, 4) is 0 Å². The minimum absolute atomic E-state index is 0.0482. The Morgan fingerprint density at radius 1 is 1.10 bits per heavy atom. The first kappa shape index (κ1) is 21.1. The normalized spacial score (nSPS) is 12.3. The number of benzene rings is 2. The molecule has 1 amide bonds. The van der Waals surface area contributed by atoms with Crippen molar-refractivity contribution in [1.29, 1.82) is 0 Å². The SMILES string of the molecule is Cc1ccc(Cn2c(S[C@@H](C)C(=O)NCC(C)C)nc3ccccc3c2=O)cc1. The van der Waals surface area contributed by atoms with Gasteiger partial charge in [-0.2, -0.15) is 0 Å². The molecule has 3 rings (SSSR count). The molecule has 0 aliphatic carbocycles. The van der Waals surface area contributed by atoms with Crippen molar-refractivity contribution >= 4 is 28.6 Å². The molecule has 0 saturated carbocycles. The van der Waals surface area contributed by atoms with Gasteiger partial charge in [0.25, 0.3) is 5.56 Å². The maximum Gasteiger partial charge on any atom is 0.262 e. The van der Waals surface area contributed by atoms with Crippen molar-refractivity contribution in [3.05, 3.63) is 70.0 Å². The Hall–Kier alpha value is -2.60. The Morgan fingerprint density at radius 3 is 2.48 bits per heavy atom. The van der Waals surface area contributed by atoms with Gasteiger partial charge in [0.05, 0.1) is 22.7 Å². The van der Waals surface area contributed by atoms with E-state index in [9.17, 15) is 9.59 Å². The first-order valence-electron chi connectivity index (χ1n) is 9.84. The molecule has 0 fully saturated rings. The molecule has 6 heteroatoms. The van der Waals surface area contributed by atoms with Crippen molar-refractivity contribution in [2.45, 2.75) is 44.6 Å². The van der Waals surface area contributed by atoms with Gasteiger partial charge in [-0.25, -0.2) is 4.98 Å². The third-order valence-electron chi connectivity index (χ3n) is 4.62. The van der Waals surface area contributed by atoms with Crippen molar-refractivity contribution in [1.82, 2.24) is 14.9 Å². The van der Waals surface area contributed by atoms with Gasteiger partial charge in [0.15, 0.2) is 5.16 Å². The maximum atomic E-state index is 13.2. The summed E-state index contributed by atoms with van der Waals surface area (Å²) in [5.41, 5.74) is 2.75. The van der Waals surface area contributed by atoms with Gasteiger partial charge < -0.3 is 5.32 Å². The minimum atomic E-state index is -0.355. The van der Waals surface area contributed by atoms with E-state index in [1.807, 2.05) is 56.3 Å². The quantitative estimate of drug-likeness (QED) is 0.473. The number of aromatic nitrogens is 2. The number of para-hydroxylation sites is 1. The van der Waals surface area contributed by atoms with Crippen molar-refractivity contribution in [3.63, 3.8) is 0 Å². The molecule has 152 valence electrons. The standard InChI is InChI=1S/C23H27N3O2S/c1-15(2)13-24-21(27)17(4)29-23-25-20-8-6-5-7-19(20)22(28)26(23)14-18-11-9-16(3)10-12-18/h5-12,15,17H,13-14H2,1-4H3,(H,24,27)/t17-/m0/s1.